The zero-order chi connectivity index (χ0) is 33.1. The summed E-state index contributed by atoms with van der Waals surface area (Å²) in [6, 6.07) is 13.4. The minimum Gasteiger partial charge on any atom is -0.306 e. The molecule has 0 spiro atoms. The zero-order valence-corrected chi connectivity index (χ0v) is 26.9. The summed E-state index contributed by atoms with van der Waals surface area (Å²) in [5.41, 5.74) is 2.87. The molecule has 4 aliphatic rings. The van der Waals surface area contributed by atoms with E-state index in [1.807, 2.05) is 19.9 Å². The van der Waals surface area contributed by atoms with Gasteiger partial charge < -0.3 is 4.90 Å². The first-order valence-electron chi connectivity index (χ1n) is 15.5. The highest BCUT2D eigenvalue weighted by Crippen LogP contribution is 2.39. The maximum Gasteiger partial charge on any atom is 0.333 e. The number of amides is 5. The molecule has 0 unspecified atom stereocenters. The van der Waals surface area contributed by atoms with E-state index in [2.05, 4.69) is 0 Å². The Morgan fingerprint density at radius 1 is 0.630 bits per heavy atom. The van der Waals surface area contributed by atoms with E-state index in [-0.39, 0.29) is 59.7 Å². The number of ketones is 3. The van der Waals surface area contributed by atoms with E-state index in [1.54, 1.807) is 49.4 Å². The number of barbiturate groups is 1. The van der Waals surface area contributed by atoms with Gasteiger partial charge in [-0.25, -0.2) is 4.79 Å². The Bertz CT molecular complexity index is 1670. The van der Waals surface area contributed by atoms with Gasteiger partial charge in [0.05, 0.1) is 16.4 Å². The van der Waals surface area contributed by atoms with E-state index in [4.69, 9.17) is 0 Å². The predicted octanol–water partition coefficient (Wildman–Crippen LogP) is 5.29. The van der Waals surface area contributed by atoms with Crippen LogP contribution in [0.5, 0.6) is 0 Å². The minimum absolute atomic E-state index is 0.0374. The van der Waals surface area contributed by atoms with E-state index >= 15 is 0 Å². The fourth-order valence-electron chi connectivity index (χ4n) is 5.91. The van der Waals surface area contributed by atoms with Crippen molar-refractivity contribution in [2.24, 2.45) is 0 Å². The molecule has 6 rings (SSSR count). The average Bonchev–Trinajstić information content (AvgIpc) is 3.67. The molecule has 0 aromatic heterocycles. The number of imide groups is 2. The number of hydrogen-bond donors (Lipinski definition) is 0. The number of Topliss-reactive ketones (excluding diaryl/α,β-unsaturated/α-hetero) is 3. The van der Waals surface area contributed by atoms with Gasteiger partial charge in [-0.3, -0.25) is 38.6 Å². The minimum atomic E-state index is -0.577. The van der Waals surface area contributed by atoms with Gasteiger partial charge in [-0.1, -0.05) is 87.0 Å². The molecule has 10 nitrogen and oxygen atoms in total. The summed E-state index contributed by atoms with van der Waals surface area (Å²) >= 11 is 1.20. The molecule has 0 saturated carbocycles. The van der Waals surface area contributed by atoms with Crippen LogP contribution < -0.4 is 0 Å². The normalized spacial score (nSPS) is 17.8. The van der Waals surface area contributed by atoms with Gasteiger partial charge in [0.15, 0.2) is 17.3 Å². The van der Waals surface area contributed by atoms with Gasteiger partial charge in [0.1, 0.15) is 5.57 Å². The van der Waals surface area contributed by atoms with Crippen LogP contribution in [0, 0.1) is 0 Å². The summed E-state index contributed by atoms with van der Waals surface area (Å²) in [4.78, 5) is 91.3. The molecule has 2 heterocycles. The number of thioether (sulfide) groups is 1. The average molecular weight is 642 g/mol. The zero-order valence-electron chi connectivity index (χ0n) is 26.1. The SMILES string of the molecule is CCCCN1C(=O)C(=C2SCC(=O)N2CC)C(=O)N(CCCC)C1=O.O=C1CC(=C2C(=O)c3ccccc3C2=O)c2ccccc21. The number of allylic oxidation sites excluding steroid dienone is 2. The molecule has 238 valence electrons. The lowest BCUT2D eigenvalue weighted by atomic mass is 9.98. The van der Waals surface area contributed by atoms with Crippen molar-refractivity contribution in [3.05, 3.63) is 87.0 Å². The molecule has 0 atom stereocenters. The summed E-state index contributed by atoms with van der Waals surface area (Å²) < 4.78 is 0. The summed E-state index contributed by atoms with van der Waals surface area (Å²) in [6.07, 6.45) is 3.15. The highest BCUT2D eigenvalue weighted by atomic mass is 32.2. The number of unbranched alkanes of at least 4 members (excludes halogenated alkanes) is 2. The van der Waals surface area contributed by atoms with E-state index in [1.165, 1.54) is 16.7 Å². The Labute approximate surface area is 271 Å². The van der Waals surface area contributed by atoms with Crippen molar-refractivity contribution < 1.29 is 33.6 Å². The first kappa shape index (κ1) is 32.7. The fourth-order valence-corrected chi connectivity index (χ4v) is 7.03. The van der Waals surface area contributed by atoms with Crippen LogP contribution in [0.1, 0.15) is 89.5 Å². The van der Waals surface area contributed by atoms with Crippen LogP contribution in [0.3, 0.4) is 0 Å². The molecule has 11 heteroatoms. The van der Waals surface area contributed by atoms with Crippen LogP contribution in [0.25, 0.3) is 5.57 Å². The van der Waals surface area contributed by atoms with Gasteiger partial charge >= 0.3 is 6.03 Å². The molecule has 2 fully saturated rings. The van der Waals surface area contributed by atoms with Crippen molar-refractivity contribution in [1.29, 1.82) is 0 Å². The number of hydrogen-bond acceptors (Lipinski definition) is 8. The number of rotatable bonds is 7. The fraction of sp³-hybridized carbons (Fsp3) is 0.343. The van der Waals surface area contributed by atoms with Gasteiger partial charge in [-0.2, -0.15) is 0 Å². The highest BCUT2D eigenvalue weighted by Gasteiger charge is 2.45. The molecular weight excluding hydrogens is 606 g/mol. The van der Waals surface area contributed by atoms with Gasteiger partial charge in [0, 0.05) is 42.7 Å². The van der Waals surface area contributed by atoms with Crippen molar-refractivity contribution in [1.82, 2.24) is 14.7 Å². The second kappa shape index (κ2) is 13.8. The lowest BCUT2D eigenvalue weighted by Crippen LogP contribution is -2.57. The third-order valence-corrected chi connectivity index (χ3v) is 9.41. The summed E-state index contributed by atoms with van der Waals surface area (Å²) in [5, 5.41) is 0.387. The largest absolute Gasteiger partial charge is 0.333 e. The van der Waals surface area contributed by atoms with Gasteiger partial charge in [0.25, 0.3) is 11.8 Å². The van der Waals surface area contributed by atoms with Gasteiger partial charge in [0.2, 0.25) is 5.91 Å². The molecule has 0 bridgehead atoms. The Morgan fingerprint density at radius 3 is 1.63 bits per heavy atom. The van der Waals surface area contributed by atoms with Crippen molar-refractivity contribution in [2.45, 2.75) is 52.9 Å². The van der Waals surface area contributed by atoms with Crippen molar-refractivity contribution in [3.63, 3.8) is 0 Å². The van der Waals surface area contributed by atoms with Crippen LogP contribution in [-0.4, -0.2) is 81.2 Å². The lowest BCUT2D eigenvalue weighted by Gasteiger charge is -2.35. The molecule has 0 radical (unpaired) electrons. The Hall–Kier alpha value is -4.64. The first-order valence-corrected chi connectivity index (χ1v) is 16.5. The molecule has 2 aromatic carbocycles. The van der Waals surface area contributed by atoms with Crippen LogP contribution in [0.2, 0.25) is 0 Å². The molecule has 0 N–H and O–H groups in total. The standard InChI is InChI=1S/C18H10O3.C17H25N3O4S/c19-15-9-14(10-5-1-2-6-11(10)15)16-17(20)12-7-3-4-8-13(12)18(16)21;1-4-7-9-19-14(22)13(16-18(6-3)12(21)11-25-16)15(23)20(17(19)24)10-8-5-2/h1-8H,9H2;4-11H2,1-3H3. The number of nitrogens with zero attached hydrogens (tertiary/aromatic N) is 3. The quantitative estimate of drug-likeness (QED) is 0.295. The molecule has 2 aliphatic carbocycles. The van der Waals surface area contributed by atoms with E-state index in [0.29, 0.717) is 52.2 Å². The summed E-state index contributed by atoms with van der Waals surface area (Å²) in [7, 11) is 0. The summed E-state index contributed by atoms with van der Waals surface area (Å²) in [6.45, 7) is 6.71. The van der Waals surface area contributed by atoms with Crippen LogP contribution in [-0.2, 0) is 14.4 Å². The van der Waals surface area contributed by atoms with Gasteiger partial charge in [-0.05, 0) is 30.9 Å². The molecule has 2 aliphatic heterocycles. The highest BCUT2D eigenvalue weighted by molar-refractivity contribution is 8.04. The van der Waals surface area contributed by atoms with Crippen molar-refractivity contribution in [3.8, 4) is 0 Å². The maximum absolute atomic E-state index is 12.9. The number of carbonyl (C=O) groups excluding carboxylic acids is 7. The van der Waals surface area contributed by atoms with E-state index in [9.17, 15) is 33.6 Å². The molecule has 5 amide bonds. The number of carbonyl (C=O) groups is 7. The lowest BCUT2D eigenvalue weighted by molar-refractivity contribution is -0.136. The molecule has 46 heavy (non-hydrogen) atoms. The smallest absolute Gasteiger partial charge is 0.306 e. The second-order valence-electron chi connectivity index (χ2n) is 11.2. The summed E-state index contributed by atoms with van der Waals surface area (Å²) in [5.74, 6) is -1.63. The predicted molar refractivity (Wildman–Crippen MR) is 173 cm³/mol. The third kappa shape index (κ3) is 5.75. The third-order valence-electron chi connectivity index (χ3n) is 8.32. The monoisotopic (exact) mass is 641 g/mol. The second-order valence-corrected chi connectivity index (χ2v) is 12.2. The number of urea groups is 1. The first-order chi connectivity index (χ1) is 22.2. The maximum atomic E-state index is 12.9. The Balaban J connectivity index is 0.000000183. The van der Waals surface area contributed by atoms with Crippen LogP contribution in [0.15, 0.2) is 64.7 Å². The van der Waals surface area contributed by atoms with E-state index in [0.717, 1.165) is 22.6 Å². The molecular formula is C35H35N3O7S. The number of fused-ring (bicyclic) bond motifs is 2. The molecule has 2 saturated heterocycles. The van der Waals surface area contributed by atoms with Crippen LogP contribution in [0.4, 0.5) is 4.79 Å². The Morgan fingerprint density at radius 2 is 1.13 bits per heavy atom. The molecule has 2 aromatic rings. The Kier molecular flexibility index (Phi) is 9.81. The van der Waals surface area contributed by atoms with Crippen molar-refractivity contribution >= 4 is 58.4 Å². The van der Waals surface area contributed by atoms with Crippen molar-refractivity contribution in [2.75, 3.05) is 25.4 Å². The topological polar surface area (TPSA) is 129 Å². The number of benzene rings is 2. The van der Waals surface area contributed by atoms with Gasteiger partial charge in [-0.15, -0.1) is 0 Å². The van der Waals surface area contributed by atoms with E-state index < -0.39 is 17.8 Å². The van der Waals surface area contributed by atoms with Crippen LogP contribution >= 0.6 is 11.8 Å².